The Morgan fingerprint density at radius 1 is 1.36 bits per heavy atom. The molecule has 0 aromatic carbocycles. The van der Waals surface area contributed by atoms with E-state index in [0.717, 1.165) is 35.4 Å². The Morgan fingerprint density at radius 2 is 2.16 bits per heavy atom. The van der Waals surface area contributed by atoms with Gasteiger partial charge in [0.2, 0.25) is 0 Å². The van der Waals surface area contributed by atoms with Gasteiger partial charge in [0.05, 0.1) is 24.4 Å². The van der Waals surface area contributed by atoms with Gasteiger partial charge in [0.1, 0.15) is 11.6 Å². The lowest BCUT2D eigenvalue weighted by Crippen LogP contribution is -2.36. The van der Waals surface area contributed by atoms with Gasteiger partial charge >= 0.3 is 5.97 Å². The van der Waals surface area contributed by atoms with Crippen molar-refractivity contribution in [2.45, 2.75) is 32.2 Å². The van der Waals surface area contributed by atoms with Crippen molar-refractivity contribution in [1.29, 1.82) is 0 Å². The van der Waals surface area contributed by atoms with E-state index in [0.29, 0.717) is 12.2 Å². The molecule has 8 heteroatoms. The van der Waals surface area contributed by atoms with Crippen LogP contribution in [0.2, 0.25) is 0 Å². The van der Waals surface area contributed by atoms with Crippen molar-refractivity contribution in [3.63, 3.8) is 0 Å². The molecule has 1 saturated carbocycles. The molecule has 0 spiro atoms. The van der Waals surface area contributed by atoms with E-state index in [-0.39, 0.29) is 17.9 Å². The quantitative estimate of drug-likeness (QED) is 0.783. The first-order valence-electron chi connectivity index (χ1n) is 8.48. The Morgan fingerprint density at radius 3 is 2.80 bits per heavy atom. The van der Waals surface area contributed by atoms with Crippen LogP contribution in [0, 0.1) is 11.8 Å². The predicted molar refractivity (Wildman–Crippen MR) is 93.4 cm³/mol. The fourth-order valence-electron chi connectivity index (χ4n) is 4.04. The summed E-state index contributed by atoms with van der Waals surface area (Å²) in [5.41, 5.74) is 9.28. The van der Waals surface area contributed by atoms with Crippen molar-refractivity contribution in [2.24, 2.45) is 24.6 Å². The summed E-state index contributed by atoms with van der Waals surface area (Å²) in [5, 5.41) is 21.5. The zero-order chi connectivity index (χ0) is 17.7. The average molecular weight is 342 g/mol. The average Bonchev–Trinajstić information content (AvgIpc) is 3.29. The number of anilines is 1. The molecule has 0 saturated heterocycles. The normalized spacial score (nSPS) is 25.8. The smallest absolute Gasteiger partial charge is 0.306 e. The summed E-state index contributed by atoms with van der Waals surface area (Å²) in [7, 11) is 1.87. The zero-order valence-corrected chi connectivity index (χ0v) is 14.3. The number of carbonyl (C=O) groups is 1. The second kappa shape index (κ2) is 5.65. The second-order valence-electron chi connectivity index (χ2n) is 7.02. The molecule has 132 valence electrons. The fraction of sp³-hybridized carbons (Fsp3) is 0.471. The third-order valence-corrected chi connectivity index (χ3v) is 5.47. The van der Waals surface area contributed by atoms with Gasteiger partial charge in [-0.2, -0.15) is 10.2 Å². The van der Waals surface area contributed by atoms with Crippen LogP contribution >= 0.6 is 0 Å². The van der Waals surface area contributed by atoms with Gasteiger partial charge < -0.3 is 16.2 Å². The number of carboxylic acids is 1. The summed E-state index contributed by atoms with van der Waals surface area (Å²) in [4.78, 5) is 11.3. The Hall–Kier alpha value is -2.77. The summed E-state index contributed by atoms with van der Waals surface area (Å²) in [6.07, 6.45) is 7.80. The van der Waals surface area contributed by atoms with Crippen LogP contribution < -0.4 is 11.1 Å². The van der Waals surface area contributed by atoms with Gasteiger partial charge in [0, 0.05) is 24.4 Å². The lowest BCUT2D eigenvalue weighted by molar-refractivity contribution is -0.141. The van der Waals surface area contributed by atoms with Gasteiger partial charge in [-0.1, -0.05) is 0 Å². The van der Waals surface area contributed by atoms with Gasteiger partial charge in [0.25, 0.3) is 0 Å². The molecule has 3 atom stereocenters. The second-order valence-corrected chi connectivity index (χ2v) is 7.02. The molecule has 1 aliphatic carbocycles. The van der Waals surface area contributed by atoms with E-state index < -0.39 is 5.97 Å². The van der Waals surface area contributed by atoms with E-state index in [1.807, 2.05) is 20.2 Å². The molecule has 1 fully saturated rings. The molecule has 8 nitrogen and oxygen atoms in total. The number of rotatable bonds is 3. The number of hydrogen-bond acceptors (Lipinski definition) is 5. The van der Waals surface area contributed by atoms with Gasteiger partial charge in [-0.15, -0.1) is 0 Å². The van der Waals surface area contributed by atoms with Crippen molar-refractivity contribution in [3.05, 3.63) is 24.2 Å². The van der Waals surface area contributed by atoms with Crippen LogP contribution in [0.1, 0.15) is 26.2 Å². The minimum Gasteiger partial charge on any atom is -0.481 e. The third kappa shape index (κ3) is 2.48. The minimum atomic E-state index is -0.700. The van der Waals surface area contributed by atoms with Gasteiger partial charge in [-0.25, -0.2) is 4.68 Å². The lowest BCUT2D eigenvalue weighted by Gasteiger charge is -2.32. The van der Waals surface area contributed by atoms with Crippen molar-refractivity contribution in [1.82, 2.24) is 19.6 Å². The summed E-state index contributed by atoms with van der Waals surface area (Å²) in [6, 6.07) is 0.0315. The van der Waals surface area contributed by atoms with Gasteiger partial charge in [-0.3, -0.25) is 9.48 Å². The molecule has 2 aromatic rings. The van der Waals surface area contributed by atoms with Crippen LogP contribution in [0.4, 0.5) is 5.82 Å². The lowest BCUT2D eigenvalue weighted by atomic mass is 9.90. The molecule has 3 heterocycles. The topological polar surface area (TPSA) is 111 Å². The number of aliphatic carboxylic acids is 1. The zero-order valence-electron chi connectivity index (χ0n) is 14.3. The number of nitrogens with one attached hydrogen (secondary N) is 1. The van der Waals surface area contributed by atoms with Gasteiger partial charge in [0.15, 0.2) is 0 Å². The minimum absolute atomic E-state index is 0.0315. The van der Waals surface area contributed by atoms with Crippen LogP contribution in [0.25, 0.3) is 16.9 Å². The number of hydrogen-bond donors (Lipinski definition) is 3. The molecule has 0 amide bonds. The first kappa shape index (κ1) is 15.7. The van der Waals surface area contributed by atoms with E-state index in [9.17, 15) is 9.90 Å². The maximum atomic E-state index is 11.3. The first-order chi connectivity index (χ1) is 12.0. The van der Waals surface area contributed by atoms with Crippen molar-refractivity contribution < 1.29 is 9.90 Å². The Bertz CT molecular complexity index is 864. The summed E-state index contributed by atoms with van der Waals surface area (Å²) in [6.45, 7) is 2.00. The largest absolute Gasteiger partial charge is 0.481 e. The van der Waals surface area contributed by atoms with Crippen molar-refractivity contribution >= 4 is 17.6 Å². The molecular formula is C17H22N6O2. The molecule has 4 N–H and O–H groups in total. The molecule has 25 heavy (non-hydrogen) atoms. The summed E-state index contributed by atoms with van der Waals surface area (Å²) >= 11 is 0. The summed E-state index contributed by atoms with van der Waals surface area (Å²) < 4.78 is 3.47. The molecule has 0 radical (unpaired) electrons. The SMILES string of the molecule is CC1=C(N)n2ncc(-c3cnn(C)c3)c2NC1C1CCC(C(=O)O)C1. The van der Waals surface area contributed by atoms with Crippen LogP contribution in [0.3, 0.4) is 0 Å². The monoisotopic (exact) mass is 342 g/mol. The Kier molecular flexibility index (Phi) is 3.55. The number of nitrogens with two attached hydrogens (primary N) is 1. The van der Waals surface area contributed by atoms with Crippen LogP contribution in [-0.4, -0.2) is 36.7 Å². The molecule has 2 aliphatic rings. The third-order valence-electron chi connectivity index (χ3n) is 5.47. The molecule has 0 bridgehead atoms. The van der Waals surface area contributed by atoms with Crippen LogP contribution in [-0.2, 0) is 11.8 Å². The van der Waals surface area contributed by atoms with E-state index >= 15 is 0 Å². The van der Waals surface area contributed by atoms with Gasteiger partial charge in [-0.05, 0) is 37.7 Å². The van der Waals surface area contributed by atoms with E-state index in [2.05, 4.69) is 15.5 Å². The molecule has 2 aromatic heterocycles. The maximum Gasteiger partial charge on any atom is 0.306 e. The highest BCUT2D eigenvalue weighted by molar-refractivity contribution is 5.79. The highest BCUT2D eigenvalue weighted by atomic mass is 16.4. The highest BCUT2D eigenvalue weighted by Crippen LogP contribution is 2.41. The number of aryl methyl sites for hydroxylation is 1. The fourth-order valence-corrected chi connectivity index (χ4v) is 4.04. The standard InChI is InChI=1S/C17H22N6O2/c1-9-14(10-3-4-11(5-10)17(24)25)21-16-13(7-20-23(16)15(9)18)12-6-19-22(2)8-12/h6-8,10-11,14,21H,3-5,18H2,1-2H3,(H,24,25). The number of nitrogens with zero attached hydrogens (tertiary/aromatic N) is 4. The Balaban J connectivity index is 1.68. The first-order valence-corrected chi connectivity index (χ1v) is 8.48. The molecule has 1 aliphatic heterocycles. The molecule has 3 unspecified atom stereocenters. The number of carboxylic acid groups (broad SMARTS) is 1. The Labute approximate surface area is 145 Å². The molecular weight excluding hydrogens is 320 g/mol. The van der Waals surface area contributed by atoms with Crippen LogP contribution in [0.15, 0.2) is 24.2 Å². The van der Waals surface area contributed by atoms with Crippen molar-refractivity contribution in [3.8, 4) is 11.1 Å². The number of fused-ring (bicyclic) bond motifs is 1. The summed E-state index contributed by atoms with van der Waals surface area (Å²) in [5.74, 6) is 0.761. The maximum absolute atomic E-state index is 11.3. The van der Waals surface area contributed by atoms with E-state index in [4.69, 9.17) is 5.73 Å². The molecule has 4 rings (SSSR count). The van der Waals surface area contributed by atoms with E-state index in [1.165, 1.54) is 0 Å². The highest BCUT2D eigenvalue weighted by Gasteiger charge is 2.38. The predicted octanol–water partition coefficient (Wildman–Crippen LogP) is 1.73. The van der Waals surface area contributed by atoms with Crippen LogP contribution in [0.5, 0.6) is 0 Å². The number of aromatic nitrogens is 4. The van der Waals surface area contributed by atoms with Crippen molar-refractivity contribution in [2.75, 3.05) is 5.32 Å². The van der Waals surface area contributed by atoms with E-state index in [1.54, 1.807) is 21.8 Å².